The lowest BCUT2D eigenvalue weighted by molar-refractivity contribution is -0.136. The van der Waals surface area contributed by atoms with Gasteiger partial charge in [-0.15, -0.1) is 0 Å². The number of aryl methyl sites for hydroxylation is 1. The highest BCUT2D eigenvalue weighted by molar-refractivity contribution is 5.93. The molecule has 0 spiro atoms. The molecule has 144 valence electrons. The summed E-state index contributed by atoms with van der Waals surface area (Å²) in [6.07, 6.45) is 8.04. The first-order valence-corrected chi connectivity index (χ1v) is 10.2. The number of rotatable bonds is 2. The molecule has 2 aliphatic heterocycles. The molecular formula is C21H28N4O2. The highest BCUT2D eigenvalue weighted by Crippen LogP contribution is 2.23. The van der Waals surface area contributed by atoms with Crippen molar-refractivity contribution >= 4 is 17.5 Å². The summed E-state index contributed by atoms with van der Waals surface area (Å²) in [6, 6.07) is 5.87. The van der Waals surface area contributed by atoms with Crippen LogP contribution in [0, 0.1) is 12.8 Å². The number of pyridine rings is 1. The van der Waals surface area contributed by atoms with E-state index in [0.717, 1.165) is 50.1 Å². The molecule has 4 rings (SSSR count). The van der Waals surface area contributed by atoms with Gasteiger partial charge in [0.2, 0.25) is 5.91 Å². The molecule has 0 atom stereocenters. The smallest absolute Gasteiger partial charge is 0.274 e. The minimum atomic E-state index is -0.0289. The van der Waals surface area contributed by atoms with Crippen LogP contribution in [0.1, 0.15) is 54.7 Å². The predicted molar refractivity (Wildman–Crippen MR) is 104 cm³/mol. The number of likely N-dealkylation sites (tertiary alicyclic amines) is 2. The van der Waals surface area contributed by atoms with E-state index >= 15 is 0 Å². The molecule has 6 nitrogen and oxygen atoms in total. The molecule has 0 unspecified atom stereocenters. The van der Waals surface area contributed by atoms with Crippen LogP contribution in [0.5, 0.6) is 0 Å². The van der Waals surface area contributed by atoms with Gasteiger partial charge in [0.25, 0.3) is 5.91 Å². The van der Waals surface area contributed by atoms with E-state index in [1.54, 1.807) is 0 Å². The second-order valence-corrected chi connectivity index (χ2v) is 7.83. The van der Waals surface area contributed by atoms with Gasteiger partial charge in [0.05, 0.1) is 0 Å². The number of piperidine rings is 1. The van der Waals surface area contributed by atoms with Gasteiger partial charge in [-0.05, 0) is 44.7 Å². The quantitative estimate of drug-likeness (QED) is 0.819. The number of hydrogen-bond acceptors (Lipinski definition) is 3. The van der Waals surface area contributed by atoms with Crippen LogP contribution in [-0.2, 0) is 4.79 Å². The van der Waals surface area contributed by atoms with Crippen LogP contribution in [0.3, 0.4) is 0 Å². The third-order valence-corrected chi connectivity index (χ3v) is 5.96. The Bertz CT molecular complexity index is 828. The maximum Gasteiger partial charge on any atom is 0.274 e. The van der Waals surface area contributed by atoms with Crippen molar-refractivity contribution in [3.63, 3.8) is 0 Å². The van der Waals surface area contributed by atoms with Crippen molar-refractivity contribution in [1.29, 1.82) is 0 Å². The molecule has 0 radical (unpaired) electrons. The summed E-state index contributed by atoms with van der Waals surface area (Å²) in [5.74, 6) is 0.335. The molecule has 0 saturated carbocycles. The summed E-state index contributed by atoms with van der Waals surface area (Å²) in [5.41, 5.74) is 2.34. The molecule has 27 heavy (non-hydrogen) atoms. The Balaban J connectivity index is 1.38. The average molecular weight is 368 g/mol. The highest BCUT2D eigenvalue weighted by atomic mass is 16.2. The Kier molecular flexibility index (Phi) is 5.14. The van der Waals surface area contributed by atoms with Crippen molar-refractivity contribution in [3.05, 3.63) is 35.8 Å². The van der Waals surface area contributed by atoms with Gasteiger partial charge in [0, 0.05) is 44.0 Å². The second kappa shape index (κ2) is 7.71. The summed E-state index contributed by atoms with van der Waals surface area (Å²) in [6.45, 7) is 5.08. The lowest BCUT2D eigenvalue weighted by Crippen LogP contribution is -2.44. The number of carbonyl (C=O) groups is 2. The molecule has 2 fully saturated rings. The third kappa shape index (κ3) is 3.70. The van der Waals surface area contributed by atoms with Crippen LogP contribution in [0.4, 0.5) is 0 Å². The molecule has 4 heterocycles. The van der Waals surface area contributed by atoms with E-state index in [0.29, 0.717) is 24.7 Å². The first-order valence-electron chi connectivity index (χ1n) is 10.2. The van der Waals surface area contributed by atoms with Crippen molar-refractivity contribution in [2.75, 3.05) is 26.2 Å². The first kappa shape index (κ1) is 18.0. The van der Waals surface area contributed by atoms with Gasteiger partial charge in [0.1, 0.15) is 11.3 Å². The maximum absolute atomic E-state index is 12.9. The van der Waals surface area contributed by atoms with Crippen molar-refractivity contribution in [1.82, 2.24) is 19.2 Å². The number of hydrogen-bond donors (Lipinski definition) is 0. The minimum Gasteiger partial charge on any atom is -0.342 e. The fourth-order valence-electron chi connectivity index (χ4n) is 4.29. The van der Waals surface area contributed by atoms with E-state index in [-0.39, 0.29) is 11.8 Å². The van der Waals surface area contributed by atoms with Crippen LogP contribution in [0.15, 0.2) is 24.4 Å². The first-order chi connectivity index (χ1) is 13.1. The maximum atomic E-state index is 12.9. The van der Waals surface area contributed by atoms with Crippen molar-refractivity contribution < 1.29 is 9.59 Å². The van der Waals surface area contributed by atoms with Gasteiger partial charge in [-0.1, -0.05) is 18.9 Å². The van der Waals surface area contributed by atoms with E-state index in [9.17, 15) is 9.59 Å². The number of imidazole rings is 1. The molecule has 6 heteroatoms. The van der Waals surface area contributed by atoms with E-state index in [1.165, 1.54) is 12.8 Å². The normalized spacial score (nSPS) is 19.3. The van der Waals surface area contributed by atoms with Crippen LogP contribution in [0.25, 0.3) is 5.65 Å². The van der Waals surface area contributed by atoms with Gasteiger partial charge in [-0.25, -0.2) is 4.98 Å². The molecule has 2 aliphatic rings. The third-order valence-electron chi connectivity index (χ3n) is 5.96. The zero-order valence-corrected chi connectivity index (χ0v) is 16.1. The molecule has 2 saturated heterocycles. The van der Waals surface area contributed by atoms with E-state index in [1.807, 2.05) is 40.6 Å². The van der Waals surface area contributed by atoms with Gasteiger partial charge in [0.15, 0.2) is 0 Å². The average Bonchev–Trinajstić information content (AvgIpc) is 2.95. The minimum absolute atomic E-state index is 0.0289. The molecule has 2 aromatic heterocycles. The molecule has 0 N–H and O–H groups in total. The van der Waals surface area contributed by atoms with Crippen molar-refractivity contribution in [2.24, 2.45) is 5.92 Å². The lowest BCUT2D eigenvalue weighted by atomic mass is 9.95. The van der Waals surface area contributed by atoms with Crippen molar-refractivity contribution in [2.45, 2.75) is 45.4 Å². The SMILES string of the molecule is Cc1cccc2nc(C(=O)N3CCC(C(=O)N4CCCCCC4)CC3)cn12. The molecule has 0 aromatic carbocycles. The van der Waals surface area contributed by atoms with Gasteiger partial charge in [-0.3, -0.25) is 9.59 Å². The molecule has 0 bridgehead atoms. The summed E-state index contributed by atoms with van der Waals surface area (Å²) in [7, 11) is 0. The van der Waals surface area contributed by atoms with Crippen LogP contribution < -0.4 is 0 Å². The monoisotopic (exact) mass is 368 g/mol. The Labute approximate surface area is 160 Å². The zero-order valence-electron chi connectivity index (χ0n) is 16.1. The van der Waals surface area contributed by atoms with Crippen LogP contribution >= 0.6 is 0 Å². The molecule has 2 amide bonds. The molecule has 2 aromatic rings. The van der Waals surface area contributed by atoms with E-state index in [4.69, 9.17) is 0 Å². The lowest BCUT2D eigenvalue weighted by Gasteiger charge is -2.33. The Morgan fingerprint density at radius 1 is 0.963 bits per heavy atom. The zero-order chi connectivity index (χ0) is 18.8. The van der Waals surface area contributed by atoms with E-state index in [2.05, 4.69) is 9.88 Å². The predicted octanol–water partition coefficient (Wildman–Crippen LogP) is 2.90. The van der Waals surface area contributed by atoms with Crippen molar-refractivity contribution in [3.8, 4) is 0 Å². The number of amides is 2. The van der Waals surface area contributed by atoms with E-state index < -0.39 is 0 Å². The summed E-state index contributed by atoms with van der Waals surface area (Å²) in [4.78, 5) is 34.1. The Morgan fingerprint density at radius 2 is 1.67 bits per heavy atom. The van der Waals surface area contributed by atoms with Gasteiger partial charge in [-0.2, -0.15) is 0 Å². The topological polar surface area (TPSA) is 57.9 Å². The number of carbonyl (C=O) groups excluding carboxylic acids is 2. The van der Waals surface area contributed by atoms with Crippen LogP contribution in [0.2, 0.25) is 0 Å². The van der Waals surface area contributed by atoms with Gasteiger partial charge >= 0.3 is 0 Å². The molecular weight excluding hydrogens is 340 g/mol. The fourth-order valence-corrected chi connectivity index (χ4v) is 4.29. The highest BCUT2D eigenvalue weighted by Gasteiger charge is 2.31. The Morgan fingerprint density at radius 3 is 2.33 bits per heavy atom. The number of aromatic nitrogens is 2. The molecule has 0 aliphatic carbocycles. The Hall–Kier alpha value is -2.37. The largest absolute Gasteiger partial charge is 0.342 e. The second-order valence-electron chi connectivity index (χ2n) is 7.83. The summed E-state index contributed by atoms with van der Waals surface area (Å²) in [5, 5.41) is 0. The van der Waals surface area contributed by atoms with Crippen LogP contribution in [-0.4, -0.2) is 57.2 Å². The van der Waals surface area contributed by atoms with Gasteiger partial charge < -0.3 is 14.2 Å². The standard InChI is InChI=1S/C21H28N4O2/c1-16-7-6-8-19-22-18(15-25(16)19)21(27)24-13-9-17(10-14-24)20(26)23-11-4-2-3-5-12-23/h6-8,15,17H,2-5,9-14H2,1H3. The fraction of sp³-hybridized carbons (Fsp3) is 0.571. The summed E-state index contributed by atoms with van der Waals surface area (Å²) >= 11 is 0. The number of fused-ring (bicyclic) bond motifs is 1. The number of nitrogens with zero attached hydrogens (tertiary/aromatic N) is 4. The summed E-state index contributed by atoms with van der Waals surface area (Å²) < 4.78 is 1.95.